The molecule has 3 aliphatic carbocycles. The number of rotatable bonds is 9. The lowest BCUT2D eigenvalue weighted by molar-refractivity contribution is -0.137. The second-order valence-electron chi connectivity index (χ2n) is 17.2. The van der Waals surface area contributed by atoms with Gasteiger partial charge in [0, 0.05) is 29.7 Å². The molecule has 8 rings (SSSR count). The molecule has 1 saturated carbocycles. The molecule has 6 atom stereocenters. The number of benzene rings is 3. The summed E-state index contributed by atoms with van der Waals surface area (Å²) >= 11 is 6.35. The summed E-state index contributed by atoms with van der Waals surface area (Å²) in [4.78, 5) is 30.6. The average molecular weight is 847 g/mol. The summed E-state index contributed by atoms with van der Waals surface area (Å²) in [5.74, 6) is -0.900. The highest BCUT2D eigenvalue weighted by Crippen LogP contribution is 2.59. The van der Waals surface area contributed by atoms with Crippen LogP contribution in [0.15, 0.2) is 94.9 Å². The zero-order chi connectivity index (χ0) is 42.8. The normalized spacial score (nSPS) is 25.3. The number of carbonyl (C=O) groups is 2. The van der Waals surface area contributed by atoms with Crippen LogP contribution in [0.5, 0.6) is 0 Å². The molecule has 3 N–H and O–H groups in total. The van der Waals surface area contributed by atoms with E-state index in [4.69, 9.17) is 20.8 Å². The van der Waals surface area contributed by atoms with Gasteiger partial charge >= 0.3 is 12.2 Å². The monoisotopic (exact) mass is 846 g/mol. The molecule has 60 heavy (non-hydrogen) atoms. The molecule has 1 saturated heterocycles. The predicted molar refractivity (Wildman–Crippen MR) is 225 cm³/mol. The van der Waals surface area contributed by atoms with Crippen LogP contribution < -0.4 is 5.32 Å². The van der Waals surface area contributed by atoms with Crippen LogP contribution in [-0.4, -0.2) is 64.4 Å². The van der Waals surface area contributed by atoms with E-state index in [1.54, 1.807) is 11.0 Å². The van der Waals surface area contributed by atoms with E-state index >= 15 is 0 Å². The minimum atomic E-state index is -4.61. The van der Waals surface area contributed by atoms with Crippen molar-refractivity contribution in [2.24, 2.45) is 5.41 Å². The number of ketones is 1. The van der Waals surface area contributed by atoms with E-state index in [2.05, 4.69) is 25.2 Å². The molecule has 4 aliphatic rings. The second-order valence-corrected chi connectivity index (χ2v) is 17.6. The Bertz CT molecular complexity index is 2200. The van der Waals surface area contributed by atoms with Crippen LogP contribution in [0.1, 0.15) is 122 Å². The number of nitrogens with one attached hydrogen (secondary N) is 1. The maximum absolute atomic E-state index is 14.7. The number of aliphatic hydroxyl groups excluding tert-OH is 1. The molecule has 2 fully saturated rings. The first-order valence-corrected chi connectivity index (χ1v) is 21.3. The highest BCUT2D eigenvalue weighted by Gasteiger charge is 2.58. The fraction of sp³-hybridized carbons (Fsp3) is 0.458. The lowest BCUT2D eigenvalue weighted by atomic mass is 9.64. The number of halogens is 4. The largest absolute Gasteiger partial charge is 0.453 e. The summed E-state index contributed by atoms with van der Waals surface area (Å²) in [5.41, 5.74) is 0.733. The Morgan fingerprint density at radius 1 is 1.02 bits per heavy atom. The summed E-state index contributed by atoms with van der Waals surface area (Å²) < 4.78 is 53.0. The fourth-order valence-corrected chi connectivity index (χ4v) is 9.71. The van der Waals surface area contributed by atoms with Crippen LogP contribution in [0.25, 0.3) is 11.3 Å². The zero-order valence-corrected chi connectivity index (χ0v) is 35.1. The number of carbonyl (C=O) groups excluding carboxylic acids is 2. The minimum absolute atomic E-state index is 0.00336. The van der Waals surface area contributed by atoms with E-state index in [-0.39, 0.29) is 52.7 Å². The fourth-order valence-electron chi connectivity index (χ4n) is 9.50. The number of allylic oxidation sites excluding steroid dienone is 2. The van der Waals surface area contributed by atoms with Gasteiger partial charge in [-0.1, -0.05) is 72.6 Å². The van der Waals surface area contributed by atoms with Gasteiger partial charge in [0.05, 0.1) is 41.0 Å². The number of furan rings is 1. The van der Waals surface area contributed by atoms with Gasteiger partial charge in [0.25, 0.3) is 0 Å². The van der Waals surface area contributed by atoms with Crippen molar-refractivity contribution in [1.82, 2.24) is 10.2 Å². The summed E-state index contributed by atoms with van der Waals surface area (Å²) in [7, 11) is 0. The van der Waals surface area contributed by atoms with Crippen molar-refractivity contribution >= 4 is 23.4 Å². The molecule has 320 valence electrons. The number of fused-ring (bicyclic) bond motifs is 8. The van der Waals surface area contributed by atoms with Crippen molar-refractivity contribution in [1.29, 1.82) is 0 Å². The van der Waals surface area contributed by atoms with Gasteiger partial charge in [-0.25, -0.2) is 4.79 Å². The minimum Gasteiger partial charge on any atom is -0.453 e. The first kappa shape index (κ1) is 43.7. The number of nitrogens with zero attached hydrogens (tertiary/aromatic N) is 1. The Morgan fingerprint density at radius 2 is 1.80 bits per heavy atom. The first-order chi connectivity index (χ1) is 28.5. The SMILES string of the molecule is CC1=CCC[C@@]2(C)[C@@H](CC[C@@]2(O)CN(C[C@H]2CCCO2)C(=O)N[C@H](C)c2ccccc2)c2ccc(cc2C(=O)c2ccc(-c3cc(C(F)(F)F)ccc3Cl)o2)C[C@@H](O)CC1. The maximum atomic E-state index is 14.7. The smallest absolute Gasteiger partial charge is 0.416 e. The summed E-state index contributed by atoms with van der Waals surface area (Å²) in [5, 5.41) is 27.4. The highest BCUT2D eigenvalue weighted by molar-refractivity contribution is 6.33. The van der Waals surface area contributed by atoms with E-state index in [0.717, 1.165) is 47.7 Å². The van der Waals surface area contributed by atoms with Gasteiger partial charge in [-0.05, 0) is 131 Å². The van der Waals surface area contributed by atoms with Gasteiger partial charge in [-0.2, -0.15) is 13.2 Å². The van der Waals surface area contributed by atoms with Crippen LogP contribution in [0.2, 0.25) is 5.02 Å². The standard InChI is InChI=1S/C48H54ClF3N2O6/c1-30-9-7-22-46(3)40(21-23-47(46,58)29-54(28-36-12-8-24-59-36)45(57)53-31(2)33-10-5-4-6-11-33)37-17-14-32(25-35(55)16-13-30)26-38(37)44(56)43-20-19-42(60-43)39-27-34(48(50,51)52)15-18-41(39)49/h4-6,9-11,14-15,17-20,26-27,31,35-36,40,55,58H,7-8,12-13,16,21-25,28-29H2,1-3H3,(H,53,57)/t31-,35+,36-,40+,46+,47-/m1/s1. The van der Waals surface area contributed by atoms with Crippen molar-refractivity contribution < 1.29 is 42.1 Å². The third-order valence-corrected chi connectivity index (χ3v) is 13.5. The summed E-state index contributed by atoms with van der Waals surface area (Å²) in [6, 6.07) is 20.5. The third-order valence-electron chi connectivity index (χ3n) is 13.1. The molecule has 1 aliphatic heterocycles. The molecule has 3 aromatic carbocycles. The Kier molecular flexibility index (Phi) is 13.0. The van der Waals surface area contributed by atoms with E-state index in [1.807, 2.05) is 49.4 Å². The zero-order valence-electron chi connectivity index (χ0n) is 34.4. The van der Waals surface area contributed by atoms with Crippen LogP contribution in [-0.2, 0) is 17.3 Å². The van der Waals surface area contributed by atoms with Crippen LogP contribution >= 0.6 is 11.6 Å². The van der Waals surface area contributed by atoms with Crippen molar-refractivity contribution in [3.63, 3.8) is 0 Å². The van der Waals surface area contributed by atoms with Gasteiger partial charge in [0.15, 0.2) is 5.76 Å². The Balaban J connectivity index is 1.26. The third kappa shape index (κ3) is 9.39. The number of aliphatic hydroxyl groups is 2. The van der Waals surface area contributed by atoms with Crippen LogP contribution in [0.3, 0.4) is 0 Å². The number of hydrogen-bond donors (Lipinski definition) is 3. The quantitative estimate of drug-likeness (QED) is 0.114. The molecule has 2 amide bonds. The average Bonchev–Trinajstić information content (AvgIpc) is 3.97. The van der Waals surface area contributed by atoms with Gasteiger partial charge in [0.1, 0.15) is 5.76 Å². The summed E-state index contributed by atoms with van der Waals surface area (Å²) in [6.07, 6.45) is 1.96. The predicted octanol–water partition coefficient (Wildman–Crippen LogP) is 10.8. The Hall–Kier alpha value is -4.42. The van der Waals surface area contributed by atoms with Crippen LogP contribution in [0, 0.1) is 5.41 Å². The van der Waals surface area contributed by atoms with E-state index in [9.17, 15) is 33.0 Å². The number of hydrogen-bond acceptors (Lipinski definition) is 6. The molecule has 0 radical (unpaired) electrons. The molecule has 2 heterocycles. The lowest BCUT2D eigenvalue weighted by Crippen LogP contribution is -2.56. The van der Waals surface area contributed by atoms with Gasteiger partial charge in [-0.3, -0.25) is 4.79 Å². The topological polar surface area (TPSA) is 112 Å². The van der Waals surface area contributed by atoms with Crippen molar-refractivity contribution in [2.45, 2.75) is 115 Å². The molecule has 2 bridgehead atoms. The molecule has 8 nitrogen and oxygen atoms in total. The van der Waals surface area contributed by atoms with Gasteiger partial charge in [0.2, 0.25) is 5.78 Å². The summed E-state index contributed by atoms with van der Waals surface area (Å²) in [6.45, 7) is 7.01. The maximum Gasteiger partial charge on any atom is 0.416 e. The van der Waals surface area contributed by atoms with E-state index < -0.39 is 34.6 Å². The number of amides is 2. The van der Waals surface area contributed by atoms with Gasteiger partial charge in [-0.15, -0.1) is 0 Å². The van der Waals surface area contributed by atoms with Gasteiger partial charge < -0.3 is 29.6 Å². The van der Waals surface area contributed by atoms with Crippen molar-refractivity contribution in [3.8, 4) is 11.3 Å². The van der Waals surface area contributed by atoms with E-state index in [1.165, 1.54) is 12.1 Å². The van der Waals surface area contributed by atoms with Crippen LogP contribution in [0.4, 0.5) is 18.0 Å². The Morgan fingerprint density at radius 3 is 2.53 bits per heavy atom. The number of urea groups is 1. The molecule has 4 aromatic rings. The molecular weight excluding hydrogens is 793 g/mol. The number of ether oxygens (including phenoxy) is 1. The second kappa shape index (κ2) is 17.9. The molecular formula is C48H54ClF3N2O6. The molecule has 1 aromatic heterocycles. The van der Waals surface area contributed by atoms with E-state index in [0.29, 0.717) is 69.2 Å². The molecule has 0 spiro atoms. The van der Waals surface area contributed by atoms with Crippen molar-refractivity contribution in [2.75, 3.05) is 19.7 Å². The molecule has 0 unspecified atom stereocenters. The number of alkyl halides is 3. The highest BCUT2D eigenvalue weighted by atomic mass is 35.5. The Labute approximate surface area is 354 Å². The lowest BCUT2D eigenvalue weighted by Gasteiger charge is -2.46. The van der Waals surface area contributed by atoms with Crippen molar-refractivity contribution in [3.05, 3.63) is 129 Å². The molecule has 12 heteroatoms. The first-order valence-electron chi connectivity index (χ1n) is 21.0.